The van der Waals surface area contributed by atoms with Crippen molar-refractivity contribution in [2.45, 2.75) is 6.92 Å². The fraction of sp³-hybridized carbons (Fsp3) is 0.333. The van der Waals surface area contributed by atoms with Gasteiger partial charge in [0, 0.05) is 19.3 Å². The van der Waals surface area contributed by atoms with E-state index in [1.165, 1.54) is 0 Å². The number of benzene rings is 1. The molecule has 0 fully saturated rings. The highest BCUT2D eigenvalue weighted by Gasteiger charge is 2.08. The van der Waals surface area contributed by atoms with Crippen LogP contribution in [-0.4, -0.2) is 26.0 Å². The molecule has 0 aliphatic heterocycles. The third-order valence-electron chi connectivity index (χ3n) is 2.35. The van der Waals surface area contributed by atoms with Crippen LogP contribution < -0.4 is 16.0 Å². The van der Waals surface area contributed by atoms with E-state index in [1.807, 2.05) is 13.0 Å². The first-order valence-corrected chi connectivity index (χ1v) is 5.36. The first-order valence-electron chi connectivity index (χ1n) is 5.36. The van der Waals surface area contributed by atoms with Crippen LogP contribution in [0.3, 0.4) is 0 Å². The van der Waals surface area contributed by atoms with Crippen molar-refractivity contribution in [3.8, 4) is 6.07 Å². The molecular formula is C12H16N4O. The van der Waals surface area contributed by atoms with Gasteiger partial charge in [0.25, 0.3) is 0 Å². The Labute approximate surface area is 101 Å². The van der Waals surface area contributed by atoms with Gasteiger partial charge in [-0.1, -0.05) is 0 Å². The molecule has 90 valence electrons. The SMILES string of the molecule is CCNC(=O)CN(C)c1ccc(C#N)c(N)c1. The van der Waals surface area contributed by atoms with Crippen LogP contribution in [0, 0.1) is 11.3 Å². The standard InChI is InChI=1S/C12H16N4O/c1-3-15-12(17)8-16(2)10-5-4-9(7-13)11(14)6-10/h4-6H,3,8,14H2,1-2H3,(H,15,17). The lowest BCUT2D eigenvalue weighted by Crippen LogP contribution is -2.34. The Morgan fingerprint density at radius 3 is 2.82 bits per heavy atom. The second-order valence-electron chi connectivity index (χ2n) is 3.69. The monoisotopic (exact) mass is 232 g/mol. The summed E-state index contributed by atoms with van der Waals surface area (Å²) >= 11 is 0. The molecule has 0 aliphatic rings. The van der Waals surface area contributed by atoms with E-state index in [0.717, 1.165) is 5.69 Å². The molecule has 0 spiro atoms. The van der Waals surface area contributed by atoms with Gasteiger partial charge in [-0.3, -0.25) is 4.79 Å². The van der Waals surface area contributed by atoms with Crippen LogP contribution in [0.2, 0.25) is 0 Å². The van der Waals surface area contributed by atoms with Crippen LogP contribution in [0.15, 0.2) is 18.2 Å². The maximum Gasteiger partial charge on any atom is 0.239 e. The highest BCUT2D eigenvalue weighted by molar-refractivity contribution is 5.81. The summed E-state index contributed by atoms with van der Waals surface area (Å²) in [5.41, 5.74) is 7.39. The Hall–Kier alpha value is -2.22. The molecule has 1 rings (SSSR count). The van der Waals surface area contributed by atoms with Gasteiger partial charge >= 0.3 is 0 Å². The first kappa shape index (κ1) is 12.8. The minimum atomic E-state index is -0.0436. The smallest absolute Gasteiger partial charge is 0.239 e. The summed E-state index contributed by atoms with van der Waals surface area (Å²) in [5.74, 6) is -0.0436. The highest BCUT2D eigenvalue weighted by atomic mass is 16.1. The zero-order chi connectivity index (χ0) is 12.8. The minimum Gasteiger partial charge on any atom is -0.398 e. The van der Waals surface area contributed by atoms with E-state index >= 15 is 0 Å². The van der Waals surface area contributed by atoms with Gasteiger partial charge in [0.05, 0.1) is 17.8 Å². The molecule has 5 heteroatoms. The van der Waals surface area contributed by atoms with Crippen molar-refractivity contribution >= 4 is 17.3 Å². The van der Waals surface area contributed by atoms with Gasteiger partial charge in [-0.2, -0.15) is 5.26 Å². The van der Waals surface area contributed by atoms with E-state index in [9.17, 15) is 4.79 Å². The number of nitriles is 1. The largest absolute Gasteiger partial charge is 0.398 e. The van der Waals surface area contributed by atoms with Crippen molar-refractivity contribution in [2.75, 3.05) is 30.8 Å². The molecule has 0 saturated carbocycles. The van der Waals surface area contributed by atoms with E-state index in [-0.39, 0.29) is 12.5 Å². The fourth-order valence-electron chi connectivity index (χ4n) is 1.45. The highest BCUT2D eigenvalue weighted by Crippen LogP contribution is 2.19. The Balaban J connectivity index is 2.76. The summed E-state index contributed by atoms with van der Waals surface area (Å²) in [6.45, 7) is 2.75. The van der Waals surface area contributed by atoms with Crippen LogP contribution in [0.5, 0.6) is 0 Å². The van der Waals surface area contributed by atoms with Crippen LogP contribution in [0.4, 0.5) is 11.4 Å². The number of hydrogen-bond acceptors (Lipinski definition) is 4. The van der Waals surface area contributed by atoms with Crippen LogP contribution in [-0.2, 0) is 4.79 Å². The maximum atomic E-state index is 11.4. The van der Waals surface area contributed by atoms with Crippen LogP contribution in [0.1, 0.15) is 12.5 Å². The van der Waals surface area contributed by atoms with Gasteiger partial charge in [0.1, 0.15) is 6.07 Å². The number of nitrogen functional groups attached to an aromatic ring is 1. The van der Waals surface area contributed by atoms with Gasteiger partial charge in [0.15, 0.2) is 0 Å². The molecule has 5 nitrogen and oxygen atoms in total. The second kappa shape index (κ2) is 5.75. The lowest BCUT2D eigenvalue weighted by molar-refractivity contribution is -0.119. The molecule has 1 amide bonds. The molecular weight excluding hydrogens is 216 g/mol. The number of nitrogens with one attached hydrogen (secondary N) is 1. The van der Waals surface area contributed by atoms with Crippen LogP contribution >= 0.6 is 0 Å². The number of rotatable bonds is 4. The molecule has 0 bridgehead atoms. The van der Waals surface area contributed by atoms with Crippen molar-refractivity contribution in [1.82, 2.24) is 5.32 Å². The topological polar surface area (TPSA) is 82.2 Å². The van der Waals surface area contributed by atoms with Gasteiger partial charge in [-0.25, -0.2) is 0 Å². The van der Waals surface area contributed by atoms with Crippen molar-refractivity contribution in [3.63, 3.8) is 0 Å². The lowest BCUT2D eigenvalue weighted by atomic mass is 10.1. The van der Waals surface area contributed by atoms with E-state index in [1.54, 1.807) is 30.1 Å². The zero-order valence-corrected chi connectivity index (χ0v) is 10.0. The Morgan fingerprint density at radius 1 is 1.59 bits per heavy atom. The Kier molecular flexibility index (Phi) is 4.35. The number of nitrogens with zero attached hydrogens (tertiary/aromatic N) is 2. The number of hydrogen-bond donors (Lipinski definition) is 2. The average Bonchev–Trinajstić information content (AvgIpc) is 2.29. The van der Waals surface area contributed by atoms with Gasteiger partial charge in [-0.05, 0) is 25.1 Å². The summed E-state index contributed by atoms with van der Waals surface area (Å²) in [6.07, 6.45) is 0. The molecule has 1 aromatic carbocycles. The summed E-state index contributed by atoms with van der Waals surface area (Å²) in [4.78, 5) is 13.2. The molecule has 0 aromatic heterocycles. The number of carbonyl (C=O) groups is 1. The Bertz CT molecular complexity index is 450. The van der Waals surface area contributed by atoms with Crippen molar-refractivity contribution in [2.24, 2.45) is 0 Å². The second-order valence-corrected chi connectivity index (χ2v) is 3.69. The van der Waals surface area contributed by atoms with E-state index in [4.69, 9.17) is 11.0 Å². The molecule has 1 aromatic rings. The summed E-state index contributed by atoms with van der Waals surface area (Å²) in [7, 11) is 1.80. The van der Waals surface area contributed by atoms with Gasteiger partial charge in [-0.15, -0.1) is 0 Å². The number of anilines is 2. The summed E-state index contributed by atoms with van der Waals surface area (Å²) in [5, 5.41) is 11.5. The third-order valence-corrected chi connectivity index (χ3v) is 2.35. The van der Waals surface area contributed by atoms with E-state index < -0.39 is 0 Å². The normalized spacial score (nSPS) is 9.47. The zero-order valence-electron chi connectivity index (χ0n) is 10.0. The van der Waals surface area contributed by atoms with Crippen molar-refractivity contribution < 1.29 is 4.79 Å². The number of amides is 1. The third kappa shape index (κ3) is 3.38. The van der Waals surface area contributed by atoms with Crippen LogP contribution in [0.25, 0.3) is 0 Å². The summed E-state index contributed by atoms with van der Waals surface area (Å²) < 4.78 is 0. The first-order chi connectivity index (χ1) is 8.08. The molecule has 17 heavy (non-hydrogen) atoms. The molecule has 3 N–H and O–H groups in total. The molecule has 0 radical (unpaired) electrons. The Morgan fingerprint density at radius 2 is 2.29 bits per heavy atom. The summed E-state index contributed by atoms with van der Waals surface area (Å²) in [6, 6.07) is 7.12. The lowest BCUT2D eigenvalue weighted by Gasteiger charge is -2.19. The van der Waals surface area contributed by atoms with Crippen molar-refractivity contribution in [3.05, 3.63) is 23.8 Å². The average molecular weight is 232 g/mol. The predicted molar refractivity (Wildman–Crippen MR) is 67.5 cm³/mol. The maximum absolute atomic E-state index is 11.4. The molecule has 0 unspecified atom stereocenters. The number of nitrogens with two attached hydrogens (primary N) is 1. The van der Waals surface area contributed by atoms with Gasteiger partial charge in [0.2, 0.25) is 5.91 Å². The number of carbonyl (C=O) groups excluding carboxylic acids is 1. The molecule has 0 atom stereocenters. The molecule has 0 saturated heterocycles. The number of likely N-dealkylation sites (N-methyl/N-ethyl adjacent to an activating group) is 2. The predicted octanol–water partition coefficient (Wildman–Crippen LogP) is 0.713. The molecule has 0 heterocycles. The van der Waals surface area contributed by atoms with E-state index in [0.29, 0.717) is 17.8 Å². The quantitative estimate of drug-likeness (QED) is 0.749. The fourth-order valence-corrected chi connectivity index (χ4v) is 1.45. The van der Waals surface area contributed by atoms with Gasteiger partial charge < -0.3 is 16.0 Å². The minimum absolute atomic E-state index is 0.0436. The van der Waals surface area contributed by atoms with E-state index in [2.05, 4.69) is 5.32 Å². The molecule has 0 aliphatic carbocycles. The van der Waals surface area contributed by atoms with Crippen molar-refractivity contribution in [1.29, 1.82) is 5.26 Å².